The fourth-order valence-electron chi connectivity index (χ4n) is 0.814. The van der Waals surface area contributed by atoms with Crippen molar-refractivity contribution in [2.24, 2.45) is 0 Å². The standard InChI is InChI=1S/C9H5Cl2NO/c10-8-4-6(12)5-9(11)7(8)2-1-3-13/h3-5H,12H2. The minimum absolute atomic E-state index is 0.347. The lowest BCUT2D eigenvalue weighted by Crippen LogP contribution is -1.87. The van der Waals surface area contributed by atoms with E-state index < -0.39 is 0 Å². The number of halogens is 2. The summed E-state index contributed by atoms with van der Waals surface area (Å²) in [5.41, 5.74) is 6.36. The van der Waals surface area contributed by atoms with E-state index in [0.29, 0.717) is 27.6 Å². The Hall–Kier alpha value is -1.17. The first-order chi connectivity index (χ1) is 6.15. The molecule has 0 fully saturated rings. The Morgan fingerprint density at radius 2 is 1.85 bits per heavy atom. The second-order valence-corrected chi connectivity index (χ2v) is 3.06. The van der Waals surface area contributed by atoms with Gasteiger partial charge in [0.25, 0.3) is 0 Å². The first kappa shape index (κ1) is 9.91. The highest BCUT2D eigenvalue weighted by atomic mass is 35.5. The topological polar surface area (TPSA) is 43.1 Å². The van der Waals surface area contributed by atoms with Crippen LogP contribution in [0.25, 0.3) is 0 Å². The van der Waals surface area contributed by atoms with Gasteiger partial charge in [-0.2, -0.15) is 0 Å². The van der Waals surface area contributed by atoms with Gasteiger partial charge in [-0.1, -0.05) is 29.1 Å². The van der Waals surface area contributed by atoms with Crippen molar-refractivity contribution in [3.63, 3.8) is 0 Å². The van der Waals surface area contributed by atoms with Crippen LogP contribution in [0.1, 0.15) is 5.56 Å². The van der Waals surface area contributed by atoms with Gasteiger partial charge in [0.15, 0.2) is 6.29 Å². The molecule has 66 valence electrons. The molecule has 0 atom stereocenters. The van der Waals surface area contributed by atoms with Crippen molar-refractivity contribution in [3.8, 4) is 11.8 Å². The van der Waals surface area contributed by atoms with E-state index in [9.17, 15) is 4.79 Å². The molecule has 0 heterocycles. The maximum Gasteiger partial charge on any atom is 0.193 e. The summed E-state index contributed by atoms with van der Waals surface area (Å²) in [4.78, 5) is 9.98. The number of nitrogen functional groups attached to an aromatic ring is 1. The highest BCUT2D eigenvalue weighted by Gasteiger charge is 2.03. The van der Waals surface area contributed by atoms with Crippen molar-refractivity contribution in [1.82, 2.24) is 0 Å². The van der Waals surface area contributed by atoms with Gasteiger partial charge in [0.2, 0.25) is 0 Å². The van der Waals surface area contributed by atoms with Crippen molar-refractivity contribution < 1.29 is 4.79 Å². The molecular formula is C9H5Cl2NO. The van der Waals surface area contributed by atoms with Crippen LogP contribution in [0.5, 0.6) is 0 Å². The Morgan fingerprint density at radius 3 is 2.31 bits per heavy atom. The molecule has 0 amide bonds. The van der Waals surface area contributed by atoms with Crippen LogP contribution in [0, 0.1) is 11.8 Å². The molecule has 0 aliphatic rings. The van der Waals surface area contributed by atoms with E-state index in [4.69, 9.17) is 28.9 Å². The molecular weight excluding hydrogens is 209 g/mol. The van der Waals surface area contributed by atoms with E-state index in [0.717, 1.165) is 0 Å². The van der Waals surface area contributed by atoms with Crippen LogP contribution < -0.4 is 5.73 Å². The smallest absolute Gasteiger partial charge is 0.193 e. The van der Waals surface area contributed by atoms with Gasteiger partial charge in [0, 0.05) is 5.69 Å². The molecule has 0 unspecified atom stereocenters. The minimum Gasteiger partial charge on any atom is -0.399 e. The number of hydrogen-bond donors (Lipinski definition) is 1. The molecule has 0 bridgehead atoms. The summed E-state index contributed by atoms with van der Waals surface area (Å²) in [6, 6.07) is 3.06. The van der Waals surface area contributed by atoms with Gasteiger partial charge >= 0.3 is 0 Å². The summed E-state index contributed by atoms with van der Waals surface area (Å²) in [5, 5.41) is 0.693. The lowest BCUT2D eigenvalue weighted by atomic mass is 10.2. The number of rotatable bonds is 0. The Morgan fingerprint density at radius 1 is 1.31 bits per heavy atom. The first-order valence-corrected chi connectivity index (χ1v) is 4.10. The Bertz CT molecular complexity index is 381. The molecule has 0 saturated heterocycles. The maximum absolute atomic E-state index is 9.98. The van der Waals surface area contributed by atoms with Gasteiger partial charge in [-0.3, -0.25) is 4.79 Å². The van der Waals surface area contributed by atoms with Crippen molar-refractivity contribution in [3.05, 3.63) is 27.7 Å². The summed E-state index contributed by atoms with van der Waals surface area (Å²) in [6.45, 7) is 0. The van der Waals surface area contributed by atoms with Crippen LogP contribution in [0.15, 0.2) is 12.1 Å². The normalized spacial score (nSPS) is 8.77. The van der Waals surface area contributed by atoms with Crippen LogP contribution in [-0.2, 0) is 4.79 Å². The molecule has 0 radical (unpaired) electrons. The average Bonchev–Trinajstić information content (AvgIpc) is 2.02. The summed E-state index contributed by atoms with van der Waals surface area (Å²) in [5.74, 6) is 4.75. The molecule has 0 aliphatic carbocycles. The van der Waals surface area contributed by atoms with E-state index in [-0.39, 0.29) is 0 Å². The Balaban J connectivity index is 3.28. The summed E-state index contributed by atoms with van der Waals surface area (Å²) < 4.78 is 0. The zero-order valence-electron chi connectivity index (χ0n) is 6.47. The summed E-state index contributed by atoms with van der Waals surface area (Å²) >= 11 is 11.6. The number of hydrogen-bond acceptors (Lipinski definition) is 2. The summed E-state index contributed by atoms with van der Waals surface area (Å²) in [7, 11) is 0. The Kier molecular flexibility index (Phi) is 3.18. The van der Waals surface area contributed by atoms with Gasteiger partial charge in [0.1, 0.15) is 0 Å². The van der Waals surface area contributed by atoms with Gasteiger partial charge in [0.05, 0.1) is 15.6 Å². The van der Waals surface area contributed by atoms with E-state index in [1.54, 1.807) is 0 Å². The van der Waals surface area contributed by atoms with Gasteiger partial charge in [-0.25, -0.2) is 0 Å². The van der Waals surface area contributed by atoms with Crippen LogP contribution in [-0.4, -0.2) is 6.29 Å². The third-order valence-electron chi connectivity index (χ3n) is 1.32. The fraction of sp³-hybridized carbons (Fsp3) is 0. The zero-order chi connectivity index (χ0) is 9.84. The van der Waals surface area contributed by atoms with Gasteiger partial charge in [-0.15, -0.1) is 0 Å². The number of benzene rings is 1. The Labute approximate surface area is 85.6 Å². The number of carbonyl (C=O) groups is 1. The molecule has 0 saturated carbocycles. The van der Waals surface area contributed by atoms with Gasteiger partial charge < -0.3 is 5.73 Å². The van der Waals surface area contributed by atoms with Crippen LogP contribution in [0.4, 0.5) is 5.69 Å². The molecule has 0 aromatic heterocycles. The van der Waals surface area contributed by atoms with Crippen molar-refractivity contribution in [2.75, 3.05) is 5.73 Å². The molecule has 0 spiro atoms. The SMILES string of the molecule is Nc1cc(Cl)c(C#CC=O)c(Cl)c1. The van der Waals surface area contributed by atoms with E-state index in [1.165, 1.54) is 12.1 Å². The molecule has 0 aliphatic heterocycles. The second kappa shape index (κ2) is 4.18. The van der Waals surface area contributed by atoms with E-state index >= 15 is 0 Å². The zero-order valence-corrected chi connectivity index (χ0v) is 7.99. The molecule has 1 rings (SSSR count). The quantitative estimate of drug-likeness (QED) is 0.408. The number of aldehydes is 1. The highest BCUT2D eigenvalue weighted by Crippen LogP contribution is 2.26. The van der Waals surface area contributed by atoms with Crippen LogP contribution in [0.2, 0.25) is 10.0 Å². The largest absolute Gasteiger partial charge is 0.399 e. The predicted octanol–water partition coefficient (Wildman–Crippen LogP) is 2.13. The first-order valence-electron chi connectivity index (χ1n) is 3.35. The van der Waals surface area contributed by atoms with E-state index in [2.05, 4.69) is 11.8 Å². The lowest BCUT2D eigenvalue weighted by Gasteiger charge is -2.00. The van der Waals surface area contributed by atoms with E-state index in [1.807, 2.05) is 0 Å². The van der Waals surface area contributed by atoms with Crippen LogP contribution >= 0.6 is 23.2 Å². The monoisotopic (exact) mass is 213 g/mol. The predicted molar refractivity (Wildman–Crippen MR) is 53.8 cm³/mol. The third kappa shape index (κ3) is 2.38. The maximum atomic E-state index is 9.98. The molecule has 13 heavy (non-hydrogen) atoms. The van der Waals surface area contributed by atoms with Crippen molar-refractivity contribution >= 4 is 35.2 Å². The molecule has 1 aromatic carbocycles. The van der Waals surface area contributed by atoms with Crippen molar-refractivity contribution in [2.45, 2.75) is 0 Å². The molecule has 2 nitrogen and oxygen atoms in total. The van der Waals surface area contributed by atoms with Crippen LogP contribution in [0.3, 0.4) is 0 Å². The molecule has 4 heteroatoms. The number of carbonyl (C=O) groups excluding carboxylic acids is 1. The lowest BCUT2D eigenvalue weighted by molar-refractivity contribution is -0.103. The minimum atomic E-state index is 0.347. The van der Waals surface area contributed by atoms with Gasteiger partial charge in [-0.05, 0) is 18.1 Å². The fourth-order valence-corrected chi connectivity index (χ4v) is 1.41. The number of nitrogens with two attached hydrogens (primary N) is 1. The third-order valence-corrected chi connectivity index (χ3v) is 1.92. The van der Waals surface area contributed by atoms with Crippen molar-refractivity contribution in [1.29, 1.82) is 0 Å². The summed E-state index contributed by atoms with van der Waals surface area (Å²) in [6.07, 6.45) is 0.475. The average molecular weight is 214 g/mol. The molecule has 1 aromatic rings. The highest BCUT2D eigenvalue weighted by molar-refractivity contribution is 6.37. The molecule has 2 N–H and O–H groups in total. The number of anilines is 1. The second-order valence-electron chi connectivity index (χ2n) is 2.25.